The summed E-state index contributed by atoms with van der Waals surface area (Å²) in [6.45, 7) is 5.57. The number of thiophene rings is 1. The molecule has 0 unspecified atom stereocenters. The van der Waals surface area contributed by atoms with E-state index in [1.54, 1.807) is 12.0 Å². The first kappa shape index (κ1) is 19.7. The molecule has 1 aliphatic heterocycles. The van der Waals surface area contributed by atoms with E-state index in [2.05, 4.69) is 33.8 Å². The Hall–Kier alpha value is -2.07. The Morgan fingerprint density at radius 1 is 1.30 bits per heavy atom. The average molecular weight is 386 g/mol. The summed E-state index contributed by atoms with van der Waals surface area (Å²) in [5.74, 6) is 1.48. The maximum atomic E-state index is 8.62. The third-order valence-electron chi connectivity index (χ3n) is 4.74. The minimum Gasteiger partial charge on any atom is -0.493 e. The minimum absolute atomic E-state index is 0.507. The summed E-state index contributed by atoms with van der Waals surface area (Å²) in [4.78, 5) is 4.07. The highest BCUT2D eigenvalue weighted by Crippen LogP contribution is 2.28. The van der Waals surface area contributed by atoms with Crippen molar-refractivity contribution < 1.29 is 9.47 Å². The van der Waals surface area contributed by atoms with E-state index in [0.29, 0.717) is 13.0 Å². The summed E-state index contributed by atoms with van der Waals surface area (Å²) in [6, 6.07) is 10.4. The van der Waals surface area contributed by atoms with Crippen molar-refractivity contribution in [1.82, 2.24) is 10.2 Å². The molecule has 1 aliphatic rings. The first-order valence-electron chi connectivity index (χ1n) is 9.45. The Morgan fingerprint density at radius 2 is 2.22 bits per heavy atom. The van der Waals surface area contributed by atoms with E-state index < -0.39 is 0 Å². The van der Waals surface area contributed by atoms with Crippen molar-refractivity contribution in [2.75, 3.05) is 33.4 Å². The van der Waals surface area contributed by atoms with Gasteiger partial charge in [0.1, 0.15) is 0 Å². The van der Waals surface area contributed by atoms with Crippen molar-refractivity contribution in [3.05, 3.63) is 45.6 Å². The van der Waals surface area contributed by atoms with Gasteiger partial charge in [-0.1, -0.05) is 6.07 Å². The summed E-state index contributed by atoms with van der Waals surface area (Å²) >= 11 is 1.89. The molecule has 1 aromatic carbocycles. The van der Waals surface area contributed by atoms with Crippen LogP contribution in [0, 0.1) is 11.3 Å². The number of hydrogen-bond acceptors (Lipinski definition) is 6. The van der Waals surface area contributed by atoms with Crippen LogP contribution in [0.4, 0.5) is 0 Å². The van der Waals surface area contributed by atoms with Gasteiger partial charge < -0.3 is 14.8 Å². The number of nitriles is 1. The van der Waals surface area contributed by atoms with Crippen LogP contribution in [0.5, 0.6) is 11.5 Å². The van der Waals surface area contributed by atoms with Gasteiger partial charge in [-0.2, -0.15) is 5.26 Å². The molecule has 0 bridgehead atoms. The third kappa shape index (κ3) is 5.70. The average Bonchev–Trinajstić information content (AvgIpc) is 3.16. The predicted molar refractivity (Wildman–Crippen MR) is 108 cm³/mol. The van der Waals surface area contributed by atoms with Crippen LogP contribution in [0.2, 0.25) is 0 Å². The van der Waals surface area contributed by atoms with Crippen LogP contribution in [0.15, 0.2) is 29.6 Å². The van der Waals surface area contributed by atoms with Gasteiger partial charge in [-0.15, -0.1) is 11.3 Å². The Kier molecular flexibility index (Phi) is 7.52. The molecule has 0 atom stereocenters. The minimum atomic E-state index is 0.507. The lowest BCUT2D eigenvalue weighted by Crippen LogP contribution is -2.35. The van der Waals surface area contributed by atoms with Crippen molar-refractivity contribution >= 4 is 11.3 Å². The van der Waals surface area contributed by atoms with Crippen molar-refractivity contribution in [2.24, 2.45) is 0 Å². The molecule has 3 rings (SSSR count). The second kappa shape index (κ2) is 10.3. The fourth-order valence-corrected chi connectivity index (χ4v) is 4.13. The molecule has 0 saturated heterocycles. The summed E-state index contributed by atoms with van der Waals surface area (Å²) in [6.07, 6.45) is 2.41. The Balaban J connectivity index is 1.43. The molecule has 0 spiro atoms. The SMILES string of the molecule is COc1ccc(CNCCN2CCc3sccc3C2)cc1OCCCC#N. The van der Waals surface area contributed by atoms with Crippen LogP contribution < -0.4 is 14.8 Å². The van der Waals surface area contributed by atoms with Crippen molar-refractivity contribution in [3.8, 4) is 17.6 Å². The van der Waals surface area contributed by atoms with Crippen LogP contribution >= 0.6 is 11.3 Å². The predicted octanol–water partition coefficient (Wildman–Crippen LogP) is 3.59. The van der Waals surface area contributed by atoms with E-state index in [0.717, 1.165) is 50.6 Å². The number of unbranched alkanes of at least 4 members (excludes halogenated alkanes) is 1. The molecule has 2 aromatic rings. The molecule has 0 saturated carbocycles. The molecule has 27 heavy (non-hydrogen) atoms. The largest absolute Gasteiger partial charge is 0.493 e. The zero-order valence-corrected chi connectivity index (χ0v) is 16.7. The van der Waals surface area contributed by atoms with Crippen LogP contribution in [0.25, 0.3) is 0 Å². The van der Waals surface area contributed by atoms with Crippen molar-refractivity contribution in [2.45, 2.75) is 32.4 Å². The van der Waals surface area contributed by atoms with E-state index in [9.17, 15) is 0 Å². The number of ether oxygens (including phenoxy) is 2. The monoisotopic (exact) mass is 385 g/mol. The van der Waals surface area contributed by atoms with E-state index in [-0.39, 0.29) is 0 Å². The number of nitrogens with zero attached hydrogens (tertiary/aromatic N) is 2. The van der Waals surface area contributed by atoms with Gasteiger partial charge in [0.15, 0.2) is 11.5 Å². The van der Waals surface area contributed by atoms with Gasteiger partial charge in [-0.3, -0.25) is 4.90 Å². The summed E-state index contributed by atoms with van der Waals surface area (Å²) in [5, 5.41) is 14.4. The van der Waals surface area contributed by atoms with E-state index >= 15 is 0 Å². The van der Waals surface area contributed by atoms with Crippen LogP contribution in [0.3, 0.4) is 0 Å². The quantitative estimate of drug-likeness (QED) is 0.634. The lowest BCUT2D eigenvalue weighted by molar-refractivity contribution is 0.255. The highest BCUT2D eigenvalue weighted by molar-refractivity contribution is 7.10. The highest BCUT2D eigenvalue weighted by Gasteiger charge is 2.16. The van der Waals surface area contributed by atoms with Crippen LogP contribution in [-0.4, -0.2) is 38.3 Å². The number of benzene rings is 1. The fraction of sp³-hybridized carbons (Fsp3) is 0.476. The highest BCUT2D eigenvalue weighted by atomic mass is 32.1. The molecule has 5 nitrogen and oxygen atoms in total. The molecule has 1 aromatic heterocycles. The Morgan fingerprint density at radius 3 is 3.07 bits per heavy atom. The van der Waals surface area contributed by atoms with Gasteiger partial charge in [-0.05, 0) is 47.5 Å². The molecule has 2 heterocycles. The van der Waals surface area contributed by atoms with E-state index in [4.69, 9.17) is 14.7 Å². The molecular formula is C21H27N3O2S. The summed E-state index contributed by atoms with van der Waals surface area (Å²) in [5.41, 5.74) is 2.67. The molecule has 0 radical (unpaired) electrons. The Bertz CT molecular complexity index is 769. The van der Waals surface area contributed by atoms with Crippen LogP contribution in [0.1, 0.15) is 28.8 Å². The molecule has 144 valence electrons. The number of fused-ring (bicyclic) bond motifs is 1. The number of methoxy groups -OCH3 is 1. The molecular weight excluding hydrogens is 358 g/mol. The second-order valence-corrected chi connectivity index (χ2v) is 7.67. The first-order valence-corrected chi connectivity index (χ1v) is 10.3. The number of nitrogens with one attached hydrogen (secondary N) is 1. The number of rotatable bonds is 10. The molecule has 0 fully saturated rings. The lowest BCUT2D eigenvalue weighted by Gasteiger charge is -2.26. The molecule has 0 amide bonds. The summed E-state index contributed by atoms with van der Waals surface area (Å²) < 4.78 is 11.2. The van der Waals surface area contributed by atoms with E-state index in [1.807, 2.05) is 23.5 Å². The normalized spacial score (nSPS) is 13.8. The summed E-state index contributed by atoms with van der Waals surface area (Å²) in [7, 11) is 1.65. The maximum Gasteiger partial charge on any atom is 0.161 e. The van der Waals surface area contributed by atoms with Crippen molar-refractivity contribution in [1.29, 1.82) is 5.26 Å². The molecule has 0 aliphatic carbocycles. The number of hydrogen-bond donors (Lipinski definition) is 1. The van der Waals surface area contributed by atoms with E-state index in [1.165, 1.54) is 17.5 Å². The fourth-order valence-electron chi connectivity index (χ4n) is 3.24. The van der Waals surface area contributed by atoms with Gasteiger partial charge in [0.25, 0.3) is 0 Å². The zero-order chi connectivity index (χ0) is 18.9. The smallest absolute Gasteiger partial charge is 0.161 e. The third-order valence-corrected chi connectivity index (χ3v) is 5.76. The molecule has 1 N–H and O–H groups in total. The van der Waals surface area contributed by atoms with Gasteiger partial charge in [-0.25, -0.2) is 0 Å². The Labute approximate surface area is 165 Å². The first-order chi connectivity index (χ1) is 13.3. The second-order valence-electron chi connectivity index (χ2n) is 6.67. The van der Waals surface area contributed by atoms with Gasteiger partial charge in [0.2, 0.25) is 0 Å². The van der Waals surface area contributed by atoms with Crippen LogP contribution in [-0.2, 0) is 19.5 Å². The van der Waals surface area contributed by atoms with Gasteiger partial charge in [0.05, 0.1) is 19.8 Å². The zero-order valence-electron chi connectivity index (χ0n) is 15.9. The molecule has 6 heteroatoms. The van der Waals surface area contributed by atoms with Crippen molar-refractivity contribution in [3.63, 3.8) is 0 Å². The standard InChI is InChI=1S/C21H27N3O2S/c1-25-19-5-4-17(14-20(19)26-12-3-2-8-22)15-23-9-11-24-10-6-21-18(16-24)7-13-27-21/h4-5,7,13-14,23H,2-3,6,9-12,15-16H2,1H3. The topological polar surface area (TPSA) is 57.5 Å². The van der Waals surface area contributed by atoms with Gasteiger partial charge >= 0.3 is 0 Å². The van der Waals surface area contributed by atoms with Gasteiger partial charge in [0, 0.05) is 44.0 Å². The maximum absolute atomic E-state index is 8.62. The lowest BCUT2D eigenvalue weighted by atomic mass is 10.1.